The average Bonchev–Trinajstić information content (AvgIpc) is 2.33. The Morgan fingerprint density at radius 1 is 1.28 bits per heavy atom. The van der Waals surface area contributed by atoms with Crippen molar-refractivity contribution in [3.8, 4) is 0 Å². The number of nitrogens with one attached hydrogen (secondary N) is 1. The number of carbonyl (C=O) groups is 1. The Kier molecular flexibility index (Phi) is 15.0. The first-order valence-electron chi connectivity index (χ1n) is 5.65. The van der Waals surface area contributed by atoms with Crippen LogP contribution in [0, 0.1) is 7.43 Å². The number of rotatable bonds is 3. The third-order valence-corrected chi connectivity index (χ3v) is 2.21. The van der Waals surface area contributed by atoms with Crippen LogP contribution in [0.15, 0.2) is 30.3 Å². The minimum atomic E-state index is -1.30. The molecule has 0 unspecified atom stereocenters. The van der Waals surface area contributed by atoms with Gasteiger partial charge in [0.15, 0.2) is 0 Å². The summed E-state index contributed by atoms with van der Waals surface area (Å²) in [5.74, 6) is -0.369. The molecule has 0 heterocycles. The molecule has 1 atom stereocenters. The van der Waals surface area contributed by atoms with Crippen molar-refractivity contribution in [1.82, 2.24) is 0 Å². The maximum atomic E-state index is 11.5. The molecular weight excluding hydrogens is 303 g/mol. The van der Waals surface area contributed by atoms with Crippen molar-refractivity contribution < 1.29 is 42.6 Å². The number of benzene rings is 1. The van der Waals surface area contributed by atoms with Gasteiger partial charge in [0.05, 0.1) is 0 Å². The minimum absolute atomic E-state index is 0. The van der Waals surface area contributed by atoms with E-state index in [9.17, 15) is 9.90 Å². The smallest absolute Gasteiger partial charge is 0.256 e. The minimum Gasteiger partial charge on any atom is -0.380 e. The monoisotopic (exact) mass is 327 g/mol. The van der Waals surface area contributed by atoms with Gasteiger partial charge in [-0.15, -0.1) is 0 Å². The molecule has 3 nitrogen and oxygen atoms in total. The van der Waals surface area contributed by atoms with Crippen LogP contribution < -0.4 is 5.32 Å². The number of hydrogen-bond acceptors (Lipinski definition) is 2. The molecule has 0 bridgehead atoms. The van der Waals surface area contributed by atoms with Gasteiger partial charge in [-0.3, -0.25) is 4.79 Å². The zero-order valence-electron chi connectivity index (χ0n) is 12.0. The molecule has 0 spiro atoms. The Labute approximate surface area is 136 Å². The van der Waals surface area contributed by atoms with Gasteiger partial charge in [0.2, 0.25) is 0 Å². The van der Waals surface area contributed by atoms with Gasteiger partial charge in [0.25, 0.3) is 5.91 Å². The van der Waals surface area contributed by atoms with E-state index in [0.717, 1.165) is 0 Å². The van der Waals surface area contributed by atoms with Crippen LogP contribution in [-0.4, -0.2) is 16.6 Å². The SMILES string of the molecule is CC.CC[C@](C)(O)C(=O)Nc1ccccc1.[CH3-].[Y]. The topological polar surface area (TPSA) is 49.3 Å². The van der Waals surface area contributed by atoms with Gasteiger partial charge in [0, 0.05) is 38.4 Å². The summed E-state index contributed by atoms with van der Waals surface area (Å²) in [4.78, 5) is 11.5. The van der Waals surface area contributed by atoms with Gasteiger partial charge < -0.3 is 17.8 Å². The fraction of sp³-hybridized carbons (Fsp3) is 0.429. The van der Waals surface area contributed by atoms with Crippen LogP contribution in [0.4, 0.5) is 5.69 Å². The summed E-state index contributed by atoms with van der Waals surface area (Å²) in [5.41, 5.74) is -0.596. The second-order valence-corrected chi connectivity index (χ2v) is 3.45. The fourth-order valence-corrected chi connectivity index (χ4v) is 0.948. The quantitative estimate of drug-likeness (QED) is 0.837. The molecule has 2 N–H and O–H groups in total. The molecule has 1 radical (unpaired) electrons. The van der Waals surface area contributed by atoms with Crippen molar-refractivity contribution in [1.29, 1.82) is 0 Å². The Morgan fingerprint density at radius 2 is 1.72 bits per heavy atom. The summed E-state index contributed by atoms with van der Waals surface area (Å²) in [7, 11) is 0. The van der Waals surface area contributed by atoms with Crippen LogP contribution in [0.3, 0.4) is 0 Å². The maximum absolute atomic E-state index is 11.5. The number of carbonyl (C=O) groups excluding carboxylic acids is 1. The van der Waals surface area contributed by atoms with Crippen LogP contribution >= 0.6 is 0 Å². The van der Waals surface area contributed by atoms with E-state index in [2.05, 4.69) is 5.32 Å². The predicted octanol–water partition coefficient (Wildman–Crippen LogP) is 3.26. The predicted molar refractivity (Wildman–Crippen MR) is 73.7 cm³/mol. The number of hydrogen-bond donors (Lipinski definition) is 2. The van der Waals surface area contributed by atoms with Crippen LogP contribution in [0.1, 0.15) is 34.1 Å². The van der Waals surface area contributed by atoms with Gasteiger partial charge in [0.1, 0.15) is 5.60 Å². The van der Waals surface area contributed by atoms with E-state index >= 15 is 0 Å². The summed E-state index contributed by atoms with van der Waals surface area (Å²) >= 11 is 0. The van der Waals surface area contributed by atoms with Gasteiger partial charge in [-0.25, -0.2) is 0 Å². The van der Waals surface area contributed by atoms with Crippen molar-refractivity contribution in [3.05, 3.63) is 37.8 Å². The molecule has 1 aromatic rings. The molecule has 1 rings (SSSR count). The van der Waals surface area contributed by atoms with E-state index in [4.69, 9.17) is 0 Å². The third kappa shape index (κ3) is 7.96. The first kappa shape index (κ1) is 22.9. The number of anilines is 1. The van der Waals surface area contributed by atoms with Crippen LogP contribution in [0.2, 0.25) is 0 Å². The third-order valence-electron chi connectivity index (χ3n) is 2.21. The largest absolute Gasteiger partial charge is 0.380 e. The summed E-state index contributed by atoms with van der Waals surface area (Å²) in [6.07, 6.45) is 0.395. The second-order valence-electron chi connectivity index (χ2n) is 3.45. The van der Waals surface area contributed by atoms with Crippen molar-refractivity contribution in [2.24, 2.45) is 0 Å². The Morgan fingerprint density at radius 3 is 2.11 bits per heavy atom. The number of aliphatic hydroxyl groups is 1. The van der Waals surface area contributed by atoms with Crippen molar-refractivity contribution in [2.75, 3.05) is 5.32 Å². The zero-order valence-corrected chi connectivity index (χ0v) is 14.9. The van der Waals surface area contributed by atoms with Crippen molar-refractivity contribution >= 4 is 11.6 Å². The van der Waals surface area contributed by atoms with E-state index in [1.165, 1.54) is 6.92 Å². The van der Waals surface area contributed by atoms with Gasteiger partial charge in [-0.2, -0.15) is 0 Å². The van der Waals surface area contributed by atoms with E-state index in [0.29, 0.717) is 12.1 Å². The maximum Gasteiger partial charge on any atom is 0.256 e. The zero-order chi connectivity index (χ0) is 12.6. The van der Waals surface area contributed by atoms with E-state index in [-0.39, 0.29) is 46.0 Å². The standard InChI is InChI=1S/C11H15NO2.C2H6.CH3.Y/c1-3-11(2,14)10(13)12-9-7-5-4-6-8-9;1-2;;/h4-8,14H,3H2,1-2H3,(H,12,13);1-2H3;1H3;/q;;-1;/t11-;;;/m0.../s1. The molecule has 101 valence electrons. The first-order valence-corrected chi connectivity index (χ1v) is 5.65. The van der Waals surface area contributed by atoms with E-state index in [1.807, 2.05) is 32.0 Å². The molecule has 1 aromatic carbocycles. The first-order chi connectivity index (χ1) is 7.56. The summed E-state index contributed by atoms with van der Waals surface area (Å²) in [6, 6.07) is 9.09. The van der Waals surface area contributed by atoms with Crippen LogP contribution in [-0.2, 0) is 37.5 Å². The van der Waals surface area contributed by atoms with Crippen LogP contribution in [0.5, 0.6) is 0 Å². The van der Waals surface area contributed by atoms with Crippen molar-refractivity contribution in [2.45, 2.75) is 39.7 Å². The Bertz CT molecular complexity index is 313. The van der Waals surface area contributed by atoms with Gasteiger partial charge in [-0.05, 0) is 25.5 Å². The number of amides is 1. The van der Waals surface area contributed by atoms with Gasteiger partial charge >= 0.3 is 0 Å². The molecule has 4 heteroatoms. The van der Waals surface area contributed by atoms with E-state index < -0.39 is 5.60 Å². The fourth-order valence-electron chi connectivity index (χ4n) is 0.948. The summed E-state index contributed by atoms with van der Waals surface area (Å²) in [6.45, 7) is 7.27. The Hall–Kier alpha value is -0.246. The van der Waals surface area contributed by atoms with Crippen molar-refractivity contribution in [3.63, 3.8) is 0 Å². The molecule has 0 saturated carbocycles. The molecule has 0 aliphatic heterocycles. The molecular formula is C14H24NO2Y-. The summed E-state index contributed by atoms with van der Waals surface area (Å²) in [5, 5.41) is 12.3. The number of para-hydroxylation sites is 1. The van der Waals surface area contributed by atoms with Crippen LogP contribution in [0.25, 0.3) is 0 Å². The summed E-state index contributed by atoms with van der Waals surface area (Å²) < 4.78 is 0. The average molecular weight is 327 g/mol. The molecule has 0 saturated heterocycles. The molecule has 0 aromatic heterocycles. The Balaban J connectivity index is -0.000000534. The molecule has 1 amide bonds. The van der Waals surface area contributed by atoms with E-state index in [1.54, 1.807) is 19.1 Å². The normalized spacial score (nSPS) is 11.6. The molecule has 0 aliphatic rings. The second kappa shape index (κ2) is 11.8. The molecule has 0 aliphatic carbocycles. The van der Waals surface area contributed by atoms with Gasteiger partial charge in [-0.1, -0.05) is 39.0 Å². The molecule has 0 fully saturated rings. The molecule has 18 heavy (non-hydrogen) atoms.